The van der Waals surface area contributed by atoms with Gasteiger partial charge in [-0.25, -0.2) is 4.39 Å². The van der Waals surface area contributed by atoms with Crippen LogP contribution < -0.4 is 10.6 Å². The van der Waals surface area contributed by atoms with Gasteiger partial charge in [0.15, 0.2) is 5.96 Å². The van der Waals surface area contributed by atoms with E-state index in [1.807, 2.05) is 6.92 Å². The summed E-state index contributed by atoms with van der Waals surface area (Å²) < 4.78 is 12.9. The first-order valence-corrected chi connectivity index (χ1v) is 4.57. The van der Waals surface area contributed by atoms with Crippen LogP contribution in [0, 0.1) is 12.7 Å². The van der Waals surface area contributed by atoms with Crippen molar-refractivity contribution in [3.63, 3.8) is 0 Å². The van der Waals surface area contributed by atoms with Crippen LogP contribution in [0.3, 0.4) is 0 Å². The first-order chi connectivity index (χ1) is 6.75. The molecule has 1 aliphatic rings. The summed E-state index contributed by atoms with van der Waals surface area (Å²) in [6, 6.07) is 4.66. The summed E-state index contributed by atoms with van der Waals surface area (Å²) in [5, 5.41) is 6.12. The van der Waals surface area contributed by atoms with Crippen molar-refractivity contribution in [1.29, 1.82) is 0 Å². The Morgan fingerprint density at radius 2 is 2.27 bits per heavy atom. The number of anilines is 1. The quantitative estimate of drug-likeness (QED) is 0.772. The number of nitrogens with one attached hydrogen (secondary N) is 2. The molecule has 1 aromatic rings. The number of rotatable bonds is 1. The highest BCUT2D eigenvalue weighted by molar-refractivity contribution is 5.95. The molecule has 1 aliphatic heterocycles. The highest BCUT2D eigenvalue weighted by atomic mass is 35.5. The lowest BCUT2D eigenvalue weighted by molar-refractivity contribution is 0.628. The first-order valence-electron chi connectivity index (χ1n) is 4.57. The molecule has 0 saturated carbocycles. The average Bonchev–Trinajstić information content (AvgIpc) is 2.64. The molecule has 0 aliphatic carbocycles. The van der Waals surface area contributed by atoms with E-state index in [0.29, 0.717) is 0 Å². The third kappa shape index (κ3) is 2.83. The third-order valence-corrected chi connectivity index (χ3v) is 2.13. The Hall–Kier alpha value is -1.29. The summed E-state index contributed by atoms with van der Waals surface area (Å²) in [4.78, 5) is 4.17. The Morgan fingerprint density at radius 1 is 1.47 bits per heavy atom. The normalized spacial score (nSPS) is 13.9. The van der Waals surface area contributed by atoms with Crippen LogP contribution in [0.2, 0.25) is 0 Å². The number of guanidine groups is 1. The molecular weight excluding hydrogens is 217 g/mol. The minimum atomic E-state index is -0.239. The second-order valence-electron chi connectivity index (χ2n) is 3.24. The number of aryl methyl sites for hydroxylation is 1. The maximum absolute atomic E-state index is 12.9. The fourth-order valence-corrected chi connectivity index (χ4v) is 1.34. The van der Waals surface area contributed by atoms with Crippen molar-refractivity contribution in [2.75, 3.05) is 18.4 Å². The molecule has 0 bridgehead atoms. The molecule has 0 atom stereocenters. The maximum Gasteiger partial charge on any atom is 0.195 e. The molecule has 2 rings (SSSR count). The summed E-state index contributed by atoms with van der Waals surface area (Å²) in [5.74, 6) is 0.482. The van der Waals surface area contributed by atoms with E-state index < -0.39 is 0 Å². The number of benzene rings is 1. The Kier molecular flexibility index (Phi) is 3.91. The van der Waals surface area contributed by atoms with E-state index in [4.69, 9.17) is 0 Å². The van der Waals surface area contributed by atoms with Crippen LogP contribution >= 0.6 is 12.4 Å². The lowest BCUT2D eigenvalue weighted by Crippen LogP contribution is -2.26. The summed E-state index contributed by atoms with van der Waals surface area (Å²) in [6.07, 6.45) is 0. The Morgan fingerprint density at radius 3 is 2.93 bits per heavy atom. The van der Waals surface area contributed by atoms with Crippen LogP contribution in [0.4, 0.5) is 10.1 Å². The monoisotopic (exact) mass is 229 g/mol. The van der Waals surface area contributed by atoms with Crippen LogP contribution in [-0.2, 0) is 0 Å². The van der Waals surface area contributed by atoms with E-state index in [0.717, 1.165) is 30.3 Å². The van der Waals surface area contributed by atoms with Crippen molar-refractivity contribution in [3.05, 3.63) is 29.6 Å². The lowest BCUT2D eigenvalue weighted by atomic mass is 10.2. The summed E-state index contributed by atoms with van der Waals surface area (Å²) in [6.45, 7) is 3.55. The topological polar surface area (TPSA) is 36.4 Å². The van der Waals surface area contributed by atoms with Gasteiger partial charge in [0.05, 0.1) is 6.54 Å². The van der Waals surface area contributed by atoms with E-state index in [1.165, 1.54) is 12.1 Å². The summed E-state index contributed by atoms with van der Waals surface area (Å²) in [5.41, 5.74) is 1.76. The minimum absolute atomic E-state index is 0. The van der Waals surface area contributed by atoms with E-state index in [9.17, 15) is 4.39 Å². The van der Waals surface area contributed by atoms with E-state index in [1.54, 1.807) is 6.07 Å². The zero-order valence-corrected chi connectivity index (χ0v) is 9.20. The minimum Gasteiger partial charge on any atom is -0.354 e. The van der Waals surface area contributed by atoms with Crippen molar-refractivity contribution in [3.8, 4) is 0 Å². The van der Waals surface area contributed by atoms with Gasteiger partial charge in [0.2, 0.25) is 0 Å². The molecule has 0 fully saturated rings. The zero-order chi connectivity index (χ0) is 9.97. The van der Waals surface area contributed by atoms with E-state index >= 15 is 0 Å². The van der Waals surface area contributed by atoms with Crippen LogP contribution in [-0.4, -0.2) is 19.0 Å². The number of hydrogen-bond donors (Lipinski definition) is 2. The van der Waals surface area contributed by atoms with Crippen molar-refractivity contribution in [1.82, 2.24) is 5.32 Å². The van der Waals surface area contributed by atoms with Gasteiger partial charge in [-0.05, 0) is 24.6 Å². The molecular formula is C10H13ClFN3. The van der Waals surface area contributed by atoms with Gasteiger partial charge in [0, 0.05) is 12.2 Å². The number of aliphatic imine (C=N–C) groups is 1. The van der Waals surface area contributed by atoms with Crippen molar-refractivity contribution >= 4 is 24.1 Å². The summed E-state index contributed by atoms with van der Waals surface area (Å²) in [7, 11) is 0. The predicted molar refractivity (Wildman–Crippen MR) is 62.3 cm³/mol. The molecule has 0 spiro atoms. The van der Waals surface area contributed by atoms with Gasteiger partial charge in [-0.1, -0.05) is 6.07 Å². The van der Waals surface area contributed by atoms with Crippen LogP contribution in [0.15, 0.2) is 23.2 Å². The standard InChI is InChI=1S/C10H12FN3.ClH/c1-7-2-3-8(11)6-9(7)14-10-12-4-5-13-10;/h2-3,6H,4-5H2,1H3,(H2,12,13,14);1H. The molecule has 0 aromatic heterocycles. The van der Waals surface area contributed by atoms with Crippen molar-refractivity contribution in [2.45, 2.75) is 6.92 Å². The highest BCUT2D eigenvalue weighted by Crippen LogP contribution is 2.15. The predicted octanol–water partition coefficient (Wildman–Crippen LogP) is 1.93. The van der Waals surface area contributed by atoms with Gasteiger partial charge in [0.25, 0.3) is 0 Å². The lowest BCUT2D eigenvalue weighted by Gasteiger charge is -2.09. The van der Waals surface area contributed by atoms with Gasteiger partial charge < -0.3 is 10.6 Å². The van der Waals surface area contributed by atoms with E-state index in [-0.39, 0.29) is 18.2 Å². The molecule has 0 unspecified atom stereocenters. The second-order valence-corrected chi connectivity index (χ2v) is 3.24. The van der Waals surface area contributed by atoms with Gasteiger partial charge in [-0.3, -0.25) is 4.99 Å². The van der Waals surface area contributed by atoms with Crippen molar-refractivity contribution in [2.24, 2.45) is 4.99 Å². The molecule has 5 heteroatoms. The third-order valence-electron chi connectivity index (χ3n) is 2.13. The highest BCUT2D eigenvalue weighted by Gasteiger charge is 2.06. The smallest absolute Gasteiger partial charge is 0.195 e. The Labute approximate surface area is 94.2 Å². The summed E-state index contributed by atoms with van der Waals surface area (Å²) >= 11 is 0. The van der Waals surface area contributed by atoms with Gasteiger partial charge in [-0.15, -0.1) is 12.4 Å². The molecule has 15 heavy (non-hydrogen) atoms. The molecule has 2 N–H and O–H groups in total. The van der Waals surface area contributed by atoms with Crippen LogP contribution in [0.5, 0.6) is 0 Å². The molecule has 0 saturated heterocycles. The molecule has 0 amide bonds. The maximum atomic E-state index is 12.9. The van der Waals surface area contributed by atoms with Gasteiger partial charge >= 0.3 is 0 Å². The molecule has 1 heterocycles. The molecule has 1 aromatic carbocycles. The number of halogens is 2. The second kappa shape index (κ2) is 4.98. The number of hydrogen-bond acceptors (Lipinski definition) is 3. The Bertz CT molecular complexity index is 379. The Balaban J connectivity index is 0.00000112. The fraction of sp³-hybridized carbons (Fsp3) is 0.300. The zero-order valence-electron chi connectivity index (χ0n) is 8.38. The fourth-order valence-electron chi connectivity index (χ4n) is 1.34. The molecule has 0 radical (unpaired) electrons. The van der Waals surface area contributed by atoms with Crippen LogP contribution in [0.25, 0.3) is 0 Å². The van der Waals surface area contributed by atoms with E-state index in [2.05, 4.69) is 15.6 Å². The van der Waals surface area contributed by atoms with Crippen LogP contribution in [0.1, 0.15) is 5.56 Å². The SMILES string of the molecule is Cc1ccc(F)cc1NC1=NCCN1.Cl. The molecule has 3 nitrogen and oxygen atoms in total. The molecule has 82 valence electrons. The number of nitrogens with zero attached hydrogens (tertiary/aromatic N) is 1. The largest absolute Gasteiger partial charge is 0.354 e. The van der Waals surface area contributed by atoms with Crippen molar-refractivity contribution < 1.29 is 4.39 Å². The van der Waals surface area contributed by atoms with Gasteiger partial charge in [-0.2, -0.15) is 0 Å². The average molecular weight is 230 g/mol. The first kappa shape index (κ1) is 11.8. The van der Waals surface area contributed by atoms with Gasteiger partial charge in [0.1, 0.15) is 5.82 Å².